The number of nitrogens with zero attached hydrogens (tertiary/aromatic N) is 5. The number of likely N-dealkylation sites (tertiary alicyclic amines) is 1. The molecular formula is C24H28FN5. The molecule has 0 N–H and O–H groups in total. The highest BCUT2D eigenvalue weighted by Crippen LogP contribution is 2.28. The van der Waals surface area contributed by atoms with Gasteiger partial charge in [0.25, 0.3) is 0 Å². The molecule has 1 atom stereocenters. The smallest absolute Gasteiger partial charge is 0.224 e. The first-order chi connectivity index (χ1) is 14.5. The van der Waals surface area contributed by atoms with Gasteiger partial charge in [-0.15, -0.1) is 0 Å². The fourth-order valence-corrected chi connectivity index (χ4v) is 4.10. The normalized spacial score (nSPS) is 16.7. The fourth-order valence-electron chi connectivity index (χ4n) is 4.10. The second-order valence-electron chi connectivity index (χ2n) is 8.35. The number of pyridine rings is 1. The maximum Gasteiger partial charge on any atom is 0.224 e. The zero-order valence-electron chi connectivity index (χ0n) is 17.8. The molecule has 156 valence electrons. The van der Waals surface area contributed by atoms with Crippen molar-refractivity contribution < 1.29 is 4.39 Å². The van der Waals surface area contributed by atoms with Crippen molar-refractivity contribution >= 4 is 5.95 Å². The Morgan fingerprint density at radius 1 is 1.07 bits per heavy atom. The van der Waals surface area contributed by atoms with Crippen LogP contribution in [0.2, 0.25) is 0 Å². The van der Waals surface area contributed by atoms with E-state index in [4.69, 9.17) is 4.98 Å². The molecule has 1 aromatic carbocycles. The quantitative estimate of drug-likeness (QED) is 0.621. The minimum Gasteiger partial charge on any atom is -0.347 e. The topological polar surface area (TPSA) is 45.2 Å². The van der Waals surface area contributed by atoms with Crippen LogP contribution >= 0.6 is 0 Å². The maximum atomic E-state index is 13.5. The fraction of sp³-hybridized carbons (Fsp3) is 0.375. The highest BCUT2D eigenvalue weighted by Gasteiger charge is 2.25. The van der Waals surface area contributed by atoms with E-state index < -0.39 is 0 Å². The first-order valence-electron chi connectivity index (χ1n) is 10.4. The predicted octanol–water partition coefficient (Wildman–Crippen LogP) is 3.97. The molecule has 3 aromatic rings. The van der Waals surface area contributed by atoms with Crippen LogP contribution in [0, 0.1) is 12.7 Å². The Morgan fingerprint density at radius 3 is 2.60 bits per heavy atom. The standard InChI is InChI=1S/C24H28FN5/c1-17-9-19(10-18-5-4-6-22(25)11-18)12-23(28-17)21-7-8-30(16-21)15-20-13-26-24(27-14-20)29(2)3/h4-6,9,11-14,21H,7-8,10,15-16H2,1-3H3/t21-/m1/s1. The van der Waals surface area contributed by atoms with Gasteiger partial charge in [-0.05, 0) is 61.7 Å². The van der Waals surface area contributed by atoms with Crippen molar-refractivity contribution in [3.63, 3.8) is 0 Å². The van der Waals surface area contributed by atoms with Gasteiger partial charge in [-0.25, -0.2) is 14.4 Å². The molecule has 0 bridgehead atoms. The van der Waals surface area contributed by atoms with Crippen LogP contribution in [0.3, 0.4) is 0 Å². The van der Waals surface area contributed by atoms with Gasteiger partial charge in [0.15, 0.2) is 0 Å². The molecule has 2 aromatic heterocycles. The molecule has 0 saturated carbocycles. The molecule has 1 saturated heterocycles. The van der Waals surface area contributed by atoms with Crippen LogP contribution in [0.5, 0.6) is 0 Å². The van der Waals surface area contributed by atoms with Crippen molar-refractivity contribution in [2.45, 2.75) is 32.2 Å². The Balaban J connectivity index is 1.42. The summed E-state index contributed by atoms with van der Waals surface area (Å²) < 4.78 is 13.5. The van der Waals surface area contributed by atoms with Crippen molar-refractivity contribution in [1.29, 1.82) is 0 Å². The molecule has 4 rings (SSSR count). The second-order valence-corrected chi connectivity index (χ2v) is 8.35. The summed E-state index contributed by atoms with van der Waals surface area (Å²) in [6, 6.07) is 11.1. The first kappa shape index (κ1) is 20.4. The van der Waals surface area contributed by atoms with Crippen LogP contribution in [0.25, 0.3) is 0 Å². The third-order valence-electron chi connectivity index (χ3n) is 5.52. The summed E-state index contributed by atoms with van der Waals surface area (Å²) in [7, 11) is 3.88. The van der Waals surface area contributed by atoms with E-state index in [1.165, 1.54) is 11.6 Å². The Kier molecular flexibility index (Phi) is 6.04. The molecule has 1 aliphatic rings. The number of benzene rings is 1. The molecule has 0 radical (unpaired) electrons. The number of rotatable bonds is 6. The predicted molar refractivity (Wildman–Crippen MR) is 117 cm³/mol. The number of aromatic nitrogens is 3. The summed E-state index contributed by atoms with van der Waals surface area (Å²) in [5.74, 6) is 0.957. The lowest BCUT2D eigenvalue weighted by atomic mass is 9.98. The lowest BCUT2D eigenvalue weighted by molar-refractivity contribution is 0.325. The highest BCUT2D eigenvalue weighted by molar-refractivity contribution is 5.31. The van der Waals surface area contributed by atoms with Crippen LogP contribution in [0.15, 0.2) is 48.8 Å². The van der Waals surface area contributed by atoms with E-state index in [0.717, 1.165) is 60.9 Å². The Morgan fingerprint density at radius 2 is 1.87 bits per heavy atom. The van der Waals surface area contributed by atoms with Gasteiger partial charge in [0, 0.05) is 62.4 Å². The summed E-state index contributed by atoms with van der Waals surface area (Å²) in [6.07, 6.45) is 5.64. The van der Waals surface area contributed by atoms with Crippen molar-refractivity contribution in [2.75, 3.05) is 32.1 Å². The SMILES string of the molecule is Cc1cc(Cc2cccc(F)c2)cc([C@@H]2CCN(Cc3cnc(N(C)C)nc3)C2)n1. The molecule has 0 unspecified atom stereocenters. The lowest BCUT2D eigenvalue weighted by Crippen LogP contribution is -2.21. The van der Waals surface area contributed by atoms with Gasteiger partial charge in [-0.1, -0.05) is 12.1 Å². The van der Waals surface area contributed by atoms with E-state index in [0.29, 0.717) is 5.92 Å². The van der Waals surface area contributed by atoms with E-state index in [-0.39, 0.29) is 5.82 Å². The molecule has 0 spiro atoms. The summed E-state index contributed by atoms with van der Waals surface area (Å²) >= 11 is 0. The van der Waals surface area contributed by atoms with Crippen LogP contribution in [0.1, 0.15) is 40.4 Å². The van der Waals surface area contributed by atoms with Gasteiger partial charge < -0.3 is 4.90 Å². The van der Waals surface area contributed by atoms with Crippen LogP contribution in [-0.4, -0.2) is 47.0 Å². The molecule has 0 amide bonds. The third kappa shape index (κ3) is 5.00. The zero-order chi connectivity index (χ0) is 21.1. The van der Waals surface area contributed by atoms with E-state index in [1.807, 2.05) is 44.4 Å². The molecule has 1 aliphatic heterocycles. The van der Waals surface area contributed by atoms with Gasteiger partial charge in [-0.3, -0.25) is 9.88 Å². The molecule has 5 nitrogen and oxygen atoms in total. The second kappa shape index (κ2) is 8.88. The van der Waals surface area contributed by atoms with Crippen molar-refractivity contribution in [1.82, 2.24) is 19.9 Å². The summed E-state index contributed by atoms with van der Waals surface area (Å²) in [4.78, 5) is 18.0. The number of halogens is 1. The molecule has 1 fully saturated rings. The monoisotopic (exact) mass is 405 g/mol. The molecule has 30 heavy (non-hydrogen) atoms. The minimum absolute atomic E-state index is 0.187. The average Bonchev–Trinajstić information content (AvgIpc) is 3.16. The number of hydrogen-bond donors (Lipinski definition) is 0. The Labute approximate surface area is 177 Å². The van der Waals surface area contributed by atoms with Gasteiger partial charge in [0.1, 0.15) is 5.82 Å². The molecule has 3 heterocycles. The van der Waals surface area contributed by atoms with Gasteiger partial charge in [0.05, 0.1) is 0 Å². The summed E-state index contributed by atoms with van der Waals surface area (Å²) in [5, 5.41) is 0. The lowest BCUT2D eigenvalue weighted by Gasteiger charge is -2.17. The minimum atomic E-state index is -0.187. The number of hydrogen-bond acceptors (Lipinski definition) is 5. The number of aryl methyl sites for hydroxylation is 1. The molecular weight excluding hydrogens is 377 g/mol. The van der Waals surface area contributed by atoms with Gasteiger partial charge in [0.2, 0.25) is 5.95 Å². The molecule has 6 heteroatoms. The van der Waals surface area contributed by atoms with Crippen molar-refractivity contribution in [3.05, 3.63) is 82.7 Å². The zero-order valence-corrected chi connectivity index (χ0v) is 17.8. The van der Waals surface area contributed by atoms with E-state index >= 15 is 0 Å². The van der Waals surface area contributed by atoms with Gasteiger partial charge in [-0.2, -0.15) is 0 Å². The van der Waals surface area contributed by atoms with Crippen LogP contribution in [0.4, 0.5) is 10.3 Å². The average molecular weight is 406 g/mol. The van der Waals surface area contributed by atoms with E-state index in [9.17, 15) is 4.39 Å². The summed E-state index contributed by atoms with van der Waals surface area (Å²) in [6.45, 7) is 4.90. The van der Waals surface area contributed by atoms with Gasteiger partial charge >= 0.3 is 0 Å². The third-order valence-corrected chi connectivity index (χ3v) is 5.52. The Hall–Kier alpha value is -2.86. The van der Waals surface area contributed by atoms with Crippen LogP contribution < -0.4 is 4.90 Å². The Bertz CT molecular complexity index is 1000. The largest absolute Gasteiger partial charge is 0.347 e. The van der Waals surface area contributed by atoms with E-state index in [1.54, 1.807) is 12.1 Å². The van der Waals surface area contributed by atoms with E-state index in [2.05, 4.69) is 27.0 Å². The first-order valence-corrected chi connectivity index (χ1v) is 10.4. The van der Waals surface area contributed by atoms with Crippen molar-refractivity contribution in [2.24, 2.45) is 0 Å². The molecule has 0 aliphatic carbocycles. The maximum absolute atomic E-state index is 13.5. The van der Waals surface area contributed by atoms with Crippen molar-refractivity contribution in [3.8, 4) is 0 Å². The number of anilines is 1. The summed E-state index contributed by atoms with van der Waals surface area (Å²) in [5.41, 5.74) is 5.47. The highest BCUT2D eigenvalue weighted by atomic mass is 19.1. The van der Waals surface area contributed by atoms with Crippen LogP contribution in [-0.2, 0) is 13.0 Å².